The molecule has 5 rings (SSSR count). The monoisotopic (exact) mass is 477 g/mol. The quantitative estimate of drug-likeness (QED) is 0.559. The molecule has 9 heteroatoms. The Labute approximate surface area is 200 Å². The Morgan fingerprint density at radius 3 is 2.21 bits per heavy atom. The molecule has 0 aromatic heterocycles. The highest BCUT2D eigenvalue weighted by Crippen LogP contribution is 2.38. The number of urea groups is 1. The molecule has 1 fully saturated rings. The summed E-state index contributed by atoms with van der Waals surface area (Å²) >= 11 is 6.30. The minimum Gasteiger partial charge on any atom is -0.489 e. The van der Waals surface area contributed by atoms with Gasteiger partial charge >= 0.3 is 6.03 Å². The van der Waals surface area contributed by atoms with Crippen molar-refractivity contribution in [3.8, 4) is 11.5 Å². The zero-order chi connectivity index (χ0) is 23.7. The third kappa shape index (κ3) is 3.62. The van der Waals surface area contributed by atoms with Crippen molar-refractivity contribution in [3.63, 3.8) is 0 Å². The molecule has 4 amide bonds. The largest absolute Gasteiger partial charge is 0.489 e. The first-order valence-electron chi connectivity index (χ1n) is 10.7. The van der Waals surface area contributed by atoms with E-state index in [1.165, 1.54) is 12.1 Å². The number of nitrogens with zero attached hydrogens (tertiary/aromatic N) is 1. The number of halogens is 1. The van der Waals surface area contributed by atoms with E-state index >= 15 is 0 Å². The van der Waals surface area contributed by atoms with Gasteiger partial charge in [-0.15, -0.1) is 0 Å². The fourth-order valence-corrected chi connectivity index (χ4v) is 4.36. The number of hydrazine groups is 1. The maximum atomic E-state index is 13.7. The van der Waals surface area contributed by atoms with Crippen LogP contribution in [0.3, 0.4) is 0 Å². The van der Waals surface area contributed by atoms with Gasteiger partial charge < -0.3 is 14.8 Å². The van der Waals surface area contributed by atoms with Gasteiger partial charge in [0, 0.05) is 12.0 Å². The number of benzene rings is 3. The lowest BCUT2D eigenvalue weighted by Crippen LogP contribution is -2.49. The van der Waals surface area contributed by atoms with Crippen LogP contribution in [-0.2, 0) is 10.3 Å². The Morgan fingerprint density at radius 2 is 1.56 bits per heavy atom. The van der Waals surface area contributed by atoms with E-state index in [0.29, 0.717) is 47.3 Å². The SMILES string of the molecule is O=C(NN1C(=O)NC(c2ccccc2)(c2ccccc2)C1=O)c1cc(Cl)c2c(c1)OCCCO2. The highest BCUT2D eigenvalue weighted by atomic mass is 35.5. The first kappa shape index (κ1) is 21.8. The van der Waals surface area contributed by atoms with Crippen LogP contribution in [0.25, 0.3) is 0 Å². The van der Waals surface area contributed by atoms with Gasteiger partial charge in [-0.2, -0.15) is 5.01 Å². The number of hydrogen-bond donors (Lipinski definition) is 2. The molecule has 0 radical (unpaired) electrons. The van der Waals surface area contributed by atoms with Crippen LogP contribution in [0.5, 0.6) is 11.5 Å². The Hall–Kier alpha value is -4.04. The van der Waals surface area contributed by atoms with E-state index in [-0.39, 0.29) is 10.6 Å². The predicted octanol–water partition coefficient (Wildman–Crippen LogP) is 3.64. The van der Waals surface area contributed by atoms with E-state index in [4.69, 9.17) is 21.1 Å². The van der Waals surface area contributed by atoms with Crippen molar-refractivity contribution >= 4 is 29.4 Å². The molecular formula is C25H20ClN3O5. The molecular weight excluding hydrogens is 458 g/mol. The number of hydrogen-bond acceptors (Lipinski definition) is 5. The molecule has 8 nitrogen and oxygen atoms in total. The minimum atomic E-state index is -1.49. The van der Waals surface area contributed by atoms with Gasteiger partial charge in [0.2, 0.25) is 0 Å². The van der Waals surface area contributed by atoms with Crippen molar-refractivity contribution < 1.29 is 23.9 Å². The van der Waals surface area contributed by atoms with Crippen LogP contribution in [0.2, 0.25) is 5.02 Å². The summed E-state index contributed by atoms with van der Waals surface area (Å²) < 4.78 is 11.2. The van der Waals surface area contributed by atoms with E-state index in [9.17, 15) is 14.4 Å². The normalized spacial score (nSPS) is 16.6. The van der Waals surface area contributed by atoms with Crippen LogP contribution < -0.4 is 20.2 Å². The van der Waals surface area contributed by atoms with Crippen molar-refractivity contribution in [1.82, 2.24) is 15.8 Å². The van der Waals surface area contributed by atoms with Crippen LogP contribution in [0, 0.1) is 0 Å². The van der Waals surface area contributed by atoms with E-state index in [2.05, 4.69) is 10.7 Å². The summed E-state index contributed by atoms with van der Waals surface area (Å²) in [6.45, 7) is 0.861. The predicted molar refractivity (Wildman–Crippen MR) is 124 cm³/mol. The Morgan fingerprint density at radius 1 is 0.941 bits per heavy atom. The van der Waals surface area contributed by atoms with Crippen molar-refractivity contribution in [1.29, 1.82) is 0 Å². The van der Waals surface area contributed by atoms with E-state index in [0.717, 1.165) is 0 Å². The van der Waals surface area contributed by atoms with Gasteiger partial charge in [0.05, 0.1) is 18.2 Å². The average Bonchev–Trinajstić information content (AvgIpc) is 3.00. The van der Waals surface area contributed by atoms with Crippen molar-refractivity contribution in [3.05, 3.63) is 94.5 Å². The second-order valence-electron chi connectivity index (χ2n) is 7.83. The summed E-state index contributed by atoms with van der Waals surface area (Å²) in [6, 6.07) is 19.9. The zero-order valence-electron chi connectivity index (χ0n) is 17.9. The molecule has 0 bridgehead atoms. The topological polar surface area (TPSA) is 97.0 Å². The molecule has 2 N–H and O–H groups in total. The molecule has 3 aromatic carbocycles. The Kier molecular flexibility index (Phi) is 5.59. The number of nitrogens with one attached hydrogen (secondary N) is 2. The summed E-state index contributed by atoms with van der Waals surface area (Å²) in [7, 11) is 0. The van der Waals surface area contributed by atoms with Crippen molar-refractivity contribution in [2.24, 2.45) is 0 Å². The number of rotatable bonds is 4. The van der Waals surface area contributed by atoms with Gasteiger partial charge in [-0.05, 0) is 23.3 Å². The fourth-order valence-electron chi connectivity index (χ4n) is 4.09. The highest BCUT2D eigenvalue weighted by molar-refractivity contribution is 6.32. The number of carbonyl (C=O) groups is 3. The van der Waals surface area contributed by atoms with Crippen LogP contribution in [0.4, 0.5) is 4.79 Å². The minimum absolute atomic E-state index is 0.117. The first-order chi connectivity index (χ1) is 16.5. The van der Waals surface area contributed by atoms with Crippen LogP contribution >= 0.6 is 11.6 Å². The maximum absolute atomic E-state index is 13.7. The second kappa shape index (κ2) is 8.72. The fraction of sp³-hybridized carbons (Fsp3) is 0.160. The molecule has 34 heavy (non-hydrogen) atoms. The van der Waals surface area contributed by atoms with E-state index in [1.54, 1.807) is 48.5 Å². The van der Waals surface area contributed by atoms with Gasteiger partial charge in [0.15, 0.2) is 17.0 Å². The van der Waals surface area contributed by atoms with Crippen molar-refractivity contribution in [2.45, 2.75) is 12.0 Å². The van der Waals surface area contributed by atoms with Gasteiger partial charge in [0.25, 0.3) is 11.8 Å². The molecule has 0 spiro atoms. The van der Waals surface area contributed by atoms with Gasteiger partial charge in [-0.1, -0.05) is 72.3 Å². The molecule has 1 saturated heterocycles. The molecule has 2 aliphatic rings. The standard InChI is InChI=1S/C25H20ClN3O5/c26-19-14-16(15-20-21(19)34-13-7-12-33-20)22(30)28-29-23(31)25(27-24(29)32,17-8-3-1-4-9-17)18-10-5-2-6-11-18/h1-6,8-11,14-15H,7,12-13H2,(H,27,32)(H,28,30). The number of imide groups is 1. The smallest absolute Gasteiger partial charge is 0.344 e. The molecule has 0 aliphatic carbocycles. The molecule has 3 aromatic rings. The number of carbonyl (C=O) groups excluding carboxylic acids is 3. The first-order valence-corrected chi connectivity index (χ1v) is 11.1. The summed E-state index contributed by atoms with van der Waals surface area (Å²) in [5.41, 5.74) is 2.17. The van der Waals surface area contributed by atoms with Gasteiger partial charge in [-0.3, -0.25) is 15.0 Å². The van der Waals surface area contributed by atoms with Gasteiger partial charge in [0.1, 0.15) is 0 Å². The van der Waals surface area contributed by atoms with E-state index in [1.807, 2.05) is 12.1 Å². The third-order valence-electron chi connectivity index (χ3n) is 5.71. The number of fused-ring (bicyclic) bond motifs is 1. The number of ether oxygens (including phenoxy) is 2. The van der Waals surface area contributed by atoms with Crippen LogP contribution in [0.15, 0.2) is 72.8 Å². The lowest BCUT2D eigenvalue weighted by molar-refractivity contribution is -0.131. The summed E-state index contributed by atoms with van der Waals surface area (Å²) in [5, 5.41) is 3.67. The lowest BCUT2D eigenvalue weighted by atomic mass is 9.83. The molecule has 0 saturated carbocycles. The number of amides is 4. The van der Waals surface area contributed by atoms with E-state index < -0.39 is 23.4 Å². The second-order valence-corrected chi connectivity index (χ2v) is 8.24. The average molecular weight is 478 g/mol. The van der Waals surface area contributed by atoms with Crippen LogP contribution in [0.1, 0.15) is 27.9 Å². The molecule has 2 aliphatic heterocycles. The Balaban J connectivity index is 1.48. The third-order valence-corrected chi connectivity index (χ3v) is 5.99. The lowest BCUT2D eigenvalue weighted by Gasteiger charge is -2.27. The van der Waals surface area contributed by atoms with Gasteiger partial charge in [-0.25, -0.2) is 4.79 Å². The zero-order valence-corrected chi connectivity index (χ0v) is 18.7. The Bertz CT molecular complexity index is 1230. The summed E-state index contributed by atoms with van der Waals surface area (Å²) in [5.74, 6) is -0.644. The molecule has 2 heterocycles. The molecule has 0 atom stereocenters. The highest BCUT2D eigenvalue weighted by Gasteiger charge is 2.54. The summed E-state index contributed by atoms with van der Waals surface area (Å²) in [6.07, 6.45) is 0.677. The molecule has 172 valence electrons. The van der Waals surface area contributed by atoms with Crippen LogP contribution in [-0.4, -0.2) is 36.1 Å². The van der Waals surface area contributed by atoms with Crippen molar-refractivity contribution in [2.75, 3.05) is 13.2 Å². The molecule has 0 unspecified atom stereocenters. The summed E-state index contributed by atoms with van der Waals surface area (Å²) in [4.78, 5) is 39.7. The maximum Gasteiger partial charge on any atom is 0.344 e.